The third-order valence-corrected chi connectivity index (χ3v) is 2.10. The number of hydroxylamine groups is 1. The summed E-state index contributed by atoms with van der Waals surface area (Å²) in [5.74, 6) is -0.403. The third-order valence-electron chi connectivity index (χ3n) is 2.10. The van der Waals surface area contributed by atoms with Crippen LogP contribution < -0.4 is 10.8 Å². The number of nitrogens with zero attached hydrogens (tertiary/aromatic N) is 3. The van der Waals surface area contributed by atoms with E-state index in [1.807, 2.05) is 5.48 Å². The molecule has 0 aromatic carbocycles. The maximum Gasteiger partial charge on any atom is 0.431 e. The molecule has 0 saturated carbocycles. The van der Waals surface area contributed by atoms with Gasteiger partial charge in [-0.15, -0.1) is 0 Å². The van der Waals surface area contributed by atoms with Gasteiger partial charge in [-0.05, 0) is 26.3 Å². The molecule has 0 aromatic heterocycles. The molecule has 138 valence electrons. The molecule has 0 aliphatic carbocycles. The SMILES string of the molecule is CC(C)(C)OC(=O)NOCC(=O)NCCOCCOCCN=[N+]=[N-]. The molecule has 0 atom stereocenters. The summed E-state index contributed by atoms with van der Waals surface area (Å²) in [5, 5.41) is 5.86. The average Bonchev–Trinajstić information content (AvgIpc) is 2.47. The van der Waals surface area contributed by atoms with Gasteiger partial charge in [0.05, 0.1) is 26.4 Å². The van der Waals surface area contributed by atoms with E-state index >= 15 is 0 Å². The molecule has 0 bridgehead atoms. The van der Waals surface area contributed by atoms with Crippen LogP contribution in [0.1, 0.15) is 20.8 Å². The Morgan fingerprint density at radius 3 is 2.42 bits per heavy atom. The lowest BCUT2D eigenvalue weighted by Gasteiger charge is -2.19. The molecule has 0 spiro atoms. The second-order valence-electron chi connectivity index (χ2n) is 5.42. The molecule has 0 saturated heterocycles. The molecule has 0 fully saturated rings. The van der Waals surface area contributed by atoms with Crippen LogP contribution >= 0.6 is 0 Å². The standard InChI is InChI=1S/C13H25N5O6/c1-13(2,3)24-12(20)17-23-10-11(19)15-4-6-21-8-9-22-7-5-16-18-14/h4-10H2,1-3H3,(H,15,19)(H,17,20). The van der Waals surface area contributed by atoms with Gasteiger partial charge in [-0.1, -0.05) is 5.11 Å². The maximum atomic E-state index is 11.4. The molecule has 0 rings (SSSR count). The molecule has 11 nitrogen and oxygen atoms in total. The van der Waals surface area contributed by atoms with E-state index in [1.54, 1.807) is 20.8 Å². The monoisotopic (exact) mass is 347 g/mol. The van der Waals surface area contributed by atoms with Crippen molar-refractivity contribution in [2.45, 2.75) is 26.4 Å². The number of rotatable bonds is 12. The van der Waals surface area contributed by atoms with Crippen molar-refractivity contribution in [1.82, 2.24) is 10.8 Å². The van der Waals surface area contributed by atoms with Crippen LogP contribution in [-0.2, 0) is 23.8 Å². The van der Waals surface area contributed by atoms with Gasteiger partial charge >= 0.3 is 6.09 Å². The van der Waals surface area contributed by atoms with E-state index in [0.717, 1.165) is 0 Å². The smallest absolute Gasteiger partial charge is 0.431 e. The molecule has 11 heteroatoms. The summed E-state index contributed by atoms with van der Waals surface area (Å²) in [4.78, 5) is 29.9. The molecule has 0 unspecified atom stereocenters. The molecule has 0 aromatic rings. The van der Waals surface area contributed by atoms with Gasteiger partial charge in [0.1, 0.15) is 5.60 Å². The van der Waals surface area contributed by atoms with Crippen LogP contribution in [0.15, 0.2) is 5.11 Å². The first-order valence-electron chi connectivity index (χ1n) is 7.39. The number of azide groups is 1. The zero-order valence-corrected chi connectivity index (χ0v) is 14.2. The minimum absolute atomic E-state index is 0.282. The summed E-state index contributed by atoms with van der Waals surface area (Å²) < 4.78 is 15.3. The van der Waals surface area contributed by atoms with Crippen molar-refractivity contribution in [2.24, 2.45) is 5.11 Å². The topological polar surface area (TPSA) is 144 Å². The second-order valence-corrected chi connectivity index (χ2v) is 5.42. The van der Waals surface area contributed by atoms with E-state index in [2.05, 4.69) is 15.3 Å². The highest BCUT2D eigenvalue weighted by molar-refractivity contribution is 5.77. The predicted octanol–water partition coefficient (Wildman–Crippen LogP) is 0.902. The van der Waals surface area contributed by atoms with Crippen LogP contribution in [0, 0.1) is 0 Å². The van der Waals surface area contributed by atoms with Gasteiger partial charge in [-0.25, -0.2) is 4.79 Å². The van der Waals surface area contributed by atoms with Crippen molar-refractivity contribution < 1.29 is 28.6 Å². The van der Waals surface area contributed by atoms with Crippen molar-refractivity contribution in [2.75, 3.05) is 46.1 Å². The van der Waals surface area contributed by atoms with Crippen LogP contribution in [0.25, 0.3) is 10.4 Å². The van der Waals surface area contributed by atoms with E-state index in [4.69, 9.17) is 24.6 Å². The molecule has 2 amide bonds. The lowest BCUT2D eigenvalue weighted by Crippen LogP contribution is -2.37. The Morgan fingerprint density at radius 2 is 1.79 bits per heavy atom. The summed E-state index contributed by atoms with van der Waals surface area (Å²) in [7, 11) is 0. The van der Waals surface area contributed by atoms with Gasteiger partial charge in [-0.2, -0.15) is 5.48 Å². The first kappa shape index (κ1) is 21.9. The van der Waals surface area contributed by atoms with Crippen molar-refractivity contribution in [1.29, 1.82) is 0 Å². The number of hydrogen-bond donors (Lipinski definition) is 2. The number of ether oxygens (including phenoxy) is 3. The number of nitrogens with one attached hydrogen (secondary N) is 2. The summed E-state index contributed by atoms with van der Waals surface area (Å²) >= 11 is 0. The number of carbonyl (C=O) groups is 2. The van der Waals surface area contributed by atoms with Gasteiger partial charge in [-0.3, -0.25) is 9.63 Å². The average molecular weight is 347 g/mol. The zero-order chi connectivity index (χ0) is 18.3. The fourth-order valence-electron chi connectivity index (χ4n) is 1.25. The molecule has 0 aliphatic rings. The molecular weight excluding hydrogens is 322 g/mol. The summed E-state index contributed by atoms with van der Waals surface area (Å²) in [5.41, 5.74) is 9.42. The van der Waals surface area contributed by atoms with Crippen LogP contribution in [0.3, 0.4) is 0 Å². The molecule has 0 aliphatic heterocycles. The highest BCUT2D eigenvalue weighted by Crippen LogP contribution is 2.06. The van der Waals surface area contributed by atoms with Crippen molar-refractivity contribution in [3.63, 3.8) is 0 Å². The van der Waals surface area contributed by atoms with Gasteiger partial charge in [0.2, 0.25) is 5.91 Å². The van der Waals surface area contributed by atoms with Crippen molar-refractivity contribution >= 4 is 12.0 Å². The summed E-state index contributed by atoms with van der Waals surface area (Å²) in [6, 6.07) is 0. The Bertz CT molecular complexity index is 420. The highest BCUT2D eigenvalue weighted by Gasteiger charge is 2.16. The molecular formula is C13H25N5O6. The lowest BCUT2D eigenvalue weighted by molar-refractivity contribution is -0.128. The van der Waals surface area contributed by atoms with Crippen LogP contribution in [0.4, 0.5) is 4.79 Å². The van der Waals surface area contributed by atoms with E-state index < -0.39 is 17.6 Å². The van der Waals surface area contributed by atoms with Crippen LogP contribution in [0.2, 0.25) is 0 Å². The summed E-state index contributed by atoms with van der Waals surface area (Å²) in [6.07, 6.45) is -0.765. The Morgan fingerprint density at radius 1 is 1.12 bits per heavy atom. The summed E-state index contributed by atoms with van der Waals surface area (Å²) in [6.45, 7) is 6.77. The van der Waals surface area contributed by atoms with E-state index in [9.17, 15) is 9.59 Å². The minimum Gasteiger partial charge on any atom is -0.442 e. The third kappa shape index (κ3) is 16.3. The van der Waals surface area contributed by atoms with Crippen LogP contribution in [0.5, 0.6) is 0 Å². The van der Waals surface area contributed by atoms with Gasteiger partial charge in [0, 0.05) is 18.0 Å². The van der Waals surface area contributed by atoms with Gasteiger partial charge < -0.3 is 19.5 Å². The van der Waals surface area contributed by atoms with Gasteiger partial charge in [0.15, 0.2) is 6.61 Å². The maximum absolute atomic E-state index is 11.4. The fraction of sp³-hybridized carbons (Fsp3) is 0.846. The predicted molar refractivity (Wildman–Crippen MR) is 84.0 cm³/mol. The first-order valence-corrected chi connectivity index (χ1v) is 7.39. The minimum atomic E-state index is -0.765. The second kappa shape index (κ2) is 13.4. The quantitative estimate of drug-likeness (QED) is 0.176. The molecule has 0 radical (unpaired) electrons. The Labute approximate surface area is 140 Å². The Hall–Kier alpha value is -2.07. The van der Waals surface area contributed by atoms with Crippen molar-refractivity contribution in [3.05, 3.63) is 10.4 Å². The van der Waals surface area contributed by atoms with Gasteiger partial charge in [0.25, 0.3) is 0 Å². The molecule has 24 heavy (non-hydrogen) atoms. The van der Waals surface area contributed by atoms with Crippen LogP contribution in [-0.4, -0.2) is 63.7 Å². The Kier molecular flexibility index (Phi) is 12.2. The zero-order valence-electron chi connectivity index (χ0n) is 14.2. The first-order chi connectivity index (χ1) is 11.3. The van der Waals surface area contributed by atoms with E-state index in [0.29, 0.717) is 33.0 Å². The Balaban J connectivity index is 3.41. The number of hydrogen-bond acceptors (Lipinski definition) is 7. The highest BCUT2D eigenvalue weighted by atomic mass is 16.7. The number of carbonyl (C=O) groups excluding carboxylic acids is 2. The molecule has 0 heterocycles. The van der Waals surface area contributed by atoms with E-state index in [1.165, 1.54) is 0 Å². The normalized spacial score (nSPS) is 10.6. The fourth-order valence-corrected chi connectivity index (χ4v) is 1.25. The van der Waals surface area contributed by atoms with Crippen molar-refractivity contribution in [3.8, 4) is 0 Å². The van der Waals surface area contributed by atoms with E-state index in [-0.39, 0.29) is 13.2 Å². The number of amides is 2. The molecule has 2 N–H and O–H groups in total. The largest absolute Gasteiger partial charge is 0.442 e. The lowest BCUT2D eigenvalue weighted by atomic mass is 10.2.